The Hall–Kier alpha value is -1.36. The summed E-state index contributed by atoms with van der Waals surface area (Å²) in [5, 5.41) is 7.64. The second-order valence-electron chi connectivity index (χ2n) is 6.53. The predicted molar refractivity (Wildman–Crippen MR) is 81.1 cm³/mol. The Labute approximate surface area is 126 Å². The first kappa shape index (κ1) is 14.6. The molecule has 2 aliphatic carbocycles. The van der Waals surface area contributed by atoms with E-state index >= 15 is 0 Å². The zero-order valence-corrected chi connectivity index (χ0v) is 13.2. The van der Waals surface area contributed by atoms with Crippen LogP contribution in [-0.2, 0) is 16.1 Å². The molecule has 5 nitrogen and oxygen atoms in total. The van der Waals surface area contributed by atoms with Crippen LogP contribution in [0.5, 0.6) is 0 Å². The summed E-state index contributed by atoms with van der Waals surface area (Å²) >= 11 is 0. The van der Waals surface area contributed by atoms with Gasteiger partial charge in [-0.25, -0.2) is 0 Å². The summed E-state index contributed by atoms with van der Waals surface area (Å²) in [4.78, 5) is 12.6. The van der Waals surface area contributed by atoms with Gasteiger partial charge < -0.3 is 10.1 Å². The maximum absolute atomic E-state index is 12.6. The average molecular weight is 291 g/mol. The van der Waals surface area contributed by atoms with Crippen LogP contribution in [0.25, 0.3) is 0 Å². The molecule has 21 heavy (non-hydrogen) atoms. The van der Waals surface area contributed by atoms with Crippen LogP contribution in [0, 0.1) is 31.6 Å². The number of fused-ring (bicyclic) bond motifs is 2. The SMILES string of the molecule is COCCn1nc(C)c(NC(=O)[C@@H]2C[C@H]3CC[C@H]2C3)c1C. The number of nitrogens with zero attached hydrogens (tertiary/aromatic N) is 2. The van der Waals surface area contributed by atoms with Gasteiger partial charge in [0.05, 0.1) is 30.2 Å². The molecule has 0 unspecified atom stereocenters. The quantitative estimate of drug-likeness (QED) is 0.907. The Morgan fingerprint density at radius 2 is 2.19 bits per heavy atom. The van der Waals surface area contributed by atoms with Crippen molar-refractivity contribution in [2.75, 3.05) is 19.0 Å². The maximum Gasteiger partial charge on any atom is 0.227 e. The van der Waals surface area contributed by atoms with E-state index in [0.29, 0.717) is 19.1 Å². The number of amides is 1. The van der Waals surface area contributed by atoms with Crippen molar-refractivity contribution in [3.05, 3.63) is 11.4 Å². The third-order valence-corrected chi connectivity index (χ3v) is 5.21. The molecule has 1 aromatic rings. The normalized spacial score (nSPS) is 27.3. The van der Waals surface area contributed by atoms with Gasteiger partial charge in [0.2, 0.25) is 5.91 Å². The predicted octanol–water partition coefficient (Wildman–Crippen LogP) is 2.52. The van der Waals surface area contributed by atoms with Crippen molar-refractivity contribution < 1.29 is 9.53 Å². The van der Waals surface area contributed by atoms with Crippen molar-refractivity contribution in [3.8, 4) is 0 Å². The van der Waals surface area contributed by atoms with Gasteiger partial charge >= 0.3 is 0 Å². The van der Waals surface area contributed by atoms with Gasteiger partial charge in [-0.05, 0) is 44.9 Å². The van der Waals surface area contributed by atoms with E-state index in [1.54, 1.807) is 7.11 Å². The number of hydrogen-bond donors (Lipinski definition) is 1. The molecule has 0 spiro atoms. The number of anilines is 1. The fourth-order valence-corrected chi connectivity index (χ4v) is 4.06. The minimum absolute atomic E-state index is 0.194. The number of aromatic nitrogens is 2. The van der Waals surface area contributed by atoms with Crippen molar-refractivity contribution in [2.24, 2.45) is 17.8 Å². The average Bonchev–Trinajstić information content (AvgIpc) is 3.15. The Balaban J connectivity index is 1.69. The summed E-state index contributed by atoms with van der Waals surface area (Å²) in [6.45, 7) is 5.30. The van der Waals surface area contributed by atoms with Crippen molar-refractivity contribution in [1.29, 1.82) is 0 Å². The number of hydrogen-bond acceptors (Lipinski definition) is 3. The van der Waals surface area contributed by atoms with Crippen LogP contribution in [0.4, 0.5) is 5.69 Å². The molecule has 116 valence electrons. The molecule has 3 atom stereocenters. The Morgan fingerprint density at radius 3 is 2.81 bits per heavy atom. The lowest BCUT2D eigenvalue weighted by Gasteiger charge is -2.20. The minimum Gasteiger partial charge on any atom is -0.383 e. The fraction of sp³-hybridized carbons (Fsp3) is 0.750. The monoisotopic (exact) mass is 291 g/mol. The van der Waals surface area contributed by atoms with E-state index in [0.717, 1.165) is 29.4 Å². The second-order valence-corrected chi connectivity index (χ2v) is 6.53. The molecule has 2 bridgehead atoms. The summed E-state index contributed by atoms with van der Waals surface area (Å²) in [5.74, 6) is 1.81. The first-order chi connectivity index (χ1) is 10.1. The highest BCUT2D eigenvalue weighted by atomic mass is 16.5. The summed E-state index contributed by atoms with van der Waals surface area (Å²) in [6, 6.07) is 0. The van der Waals surface area contributed by atoms with Crippen LogP contribution in [0.2, 0.25) is 0 Å². The molecule has 0 aliphatic heterocycles. The minimum atomic E-state index is 0.194. The molecule has 5 heteroatoms. The van der Waals surface area contributed by atoms with E-state index in [1.165, 1.54) is 19.3 Å². The van der Waals surface area contributed by atoms with Crippen molar-refractivity contribution in [1.82, 2.24) is 9.78 Å². The molecule has 1 N–H and O–H groups in total. The molecule has 0 radical (unpaired) electrons. The Bertz CT molecular complexity index is 538. The Morgan fingerprint density at radius 1 is 1.38 bits per heavy atom. The molecule has 1 heterocycles. The van der Waals surface area contributed by atoms with E-state index in [-0.39, 0.29) is 11.8 Å². The van der Waals surface area contributed by atoms with E-state index in [9.17, 15) is 4.79 Å². The standard InChI is InChI=1S/C16H25N3O2/c1-10-15(11(2)19(18-10)6-7-21-3)17-16(20)14-9-12-4-5-13(14)8-12/h12-14H,4-9H2,1-3H3,(H,17,20)/t12-,13-,14+/m0/s1. The summed E-state index contributed by atoms with van der Waals surface area (Å²) in [6.07, 6.45) is 4.88. The number of carbonyl (C=O) groups excluding carboxylic acids is 1. The smallest absolute Gasteiger partial charge is 0.227 e. The van der Waals surface area contributed by atoms with Crippen molar-refractivity contribution in [3.63, 3.8) is 0 Å². The highest BCUT2D eigenvalue weighted by Crippen LogP contribution is 2.48. The third kappa shape index (κ3) is 2.71. The van der Waals surface area contributed by atoms with Gasteiger partial charge in [-0.3, -0.25) is 9.48 Å². The molecular formula is C16H25N3O2. The van der Waals surface area contributed by atoms with Crippen LogP contribution in [0.1, 0.15) is 37.1 Å². The molecule has 0 aromatic carbocycles. The molecule has 3 rings (SSSR count). The zero-order valence-electron chi connectivity index (χ0n) is 13.2. The number of nitrogens with one attached hydrogen (secondary N) is 1. The number of carbonyl (C=O) groups is 1. The molecule has 1 amide bonds. The second kappa shape index (κ2) is 5.79. The van der Waals surface area contributed by atoms with Gasteiger partial charge in [0.15, 0.2) is 0 Å². The van der Waals surface area contributed by atoms with Gasteiger partial charge in [-0.2, -0.15) is 5.10 Å². The highest BCUT2D eigenvalue weighted by molar-refractivity contribution is 5.94. The van der Waals surface area contributed by atoms with E-state index in [2.05, 4.69) is 10.4 Å². The number of aryl methyl sites for hydroxylation is 1. The van der Waals surface area contributed by atoms with Crippen molar-refractivity contribution in [2.45, 2.75) is 46.1 Å². The highest BCUT2D eigenvalue weighted by Gasteiger charge is 2.43. The number of rotatable bonds is 5. The van der Waals surface area contributed by atoms with E-state index < -0.39 is 0 Å². The maximum atomic E-state index is 12.6. The molecule has 2 saturated carbocycles. The number of ether oxygens (including phenoxy) is 1. The summed E-state index contributed by atoms with van der Waals surface area (Å²) in [7, 11) is 1.68. The Kier molecular flexibility index (Phi) is 4.02. The van der Waals surface area contributed by atoms with Crippen molar-refractivity contribution >= 4 is 11.6 Å². The fourth-order valence-electron chi connectivity index (χ4n) is 4.06. The van der Waals surface area contributed by atoms with Crippen LogP contribution in [0.3, 0.4) is 0 Å². The van der Waals surface area contributed by atoms with Crippen LogP contribution in [0.15, 0.2) is 0 Å². The van der Waals surface area contributed by atoms with Crippen LogP contribution >= 0.6 is 0 Å². The lowest BCUT2D eigenvalue weighted by atomic mass is 9.88. The first-order valence-corrected chi connectivity index (χ1v) is 7.94. The molecular weight excluding hydrogens is 266 g/mol. The summed E-state index contributed by atoms with van der Waals surface area (Å²) < 4.78 is 7.01. The van der Waals surface area contributed by atoms with Gasteiger partial charge in [0.25, 0.3) is 0 Å². The summed E-state index contributed by atoms with van der Waals surface area (Å²) in [5.41, 5.74) is 2.79. The third-order valence-electron chi connectivity index (χ3n) is 5.21. The van der Waals surface area contributed by atoms with Gasteiger partial charge in [0, 0.05) is 13.0 Å². The van der Waals surface area contributed by atoms with Gasteiger partial charge in [-0.15, -0.1) is 0 Å². The van der Waals surface area contributed by atoms with Crippen LogP contribution < -0.4 is 5.32 Å². The molecule has 0 saturated heterocycles. The van der Waals surface area contributed by atoms with Gasteiger partial charge in [0.1, 0.15) is 0 Å². The first-order valence-electron chi connectivity index (χ1n) is 7.94. The molecule has 1 aromatic heterocycles. The van der Waals surface area contributed by atoms with E-state index in [4.69, 9.17) is 4.74 Å². The van der Waals surface area contributed by atoms with E-state index in [1.807, 2.05) is 18.5 Å². The van der Waals surface area contributed by atoms with Gasteiger partial charge in [-0.1, -0.05) is 6.42 Å². The lowest BCUT2D eigenvalue weighted by molar-refractivity contribution is -0.121. The topological polar surface area (TPSA) is 56.1 Å². The lowest BCUT2D eigenvalue weighted by Crippen LogP contribution is -2.27. The largest absolute Gasteiger partial charge is 0.383 e. The molecule has 2 fully saturated rings. The number of methoxy groups -OCH3 is 1. The van der Waals surface area contributed by atoms with Crippen LogP contribution in [-0.4, -0.2) is 29.4 Å². The zero-order chi connectivity index (χ0) is 15.0. The molecule has 2 aliphatic rings.